The highest BCUT2D eigenvalue weighted by atomic mass is 16.3. The lowest BCUT2D eigenvalue weighted by Gasteiger charge is -2.18. The van der Waals surface area contributed by atoms with E-state index < -0.39 is 0 Å². The molecule has 1 fully saturated rings. The number of aromatic nitrogens is 1. The Morgan fingerprint density at radius 1 is 1.19 bits per heavy atom. The van der Waals surface area contributed by atoms with E-state index in [-0.39, 0.29) is 12.0 Å². The molecule has 1 aromatic heterocycles. The molecule has 0 aliphatic carbocycles. The third kappa shape index (κ3) is 3.64. The van der Waals surface area contributed by atoms with Crippen LogP contribution >= 0.6 is 0 Å². The van der Waals surface area contributed by atoms with Crippen LogP contribution in [-0.2, 0) is 13.1 Å². The molecule has 1 atom stereocenters. The van der Waals surface area contributed by atoms with Crippen LogP contribution in [0.15, 0.2) is 54.7 Å². The van der Waals surface area contributed by atoms with Crippen molar-refractivity contribution in [1.29, 1.82) is 0 Å². The van der Waals surface area contributed by atoms with Crippen molar-refractivity contribution < 1.29 is 9.90 Å². The molecule has 4 rings (SSSR count). The first-order chi connectivity index (χ1) is 12.7. The summed E-state index contributed by atoms with van der Waals surface area (Å²) in [6.45, 7) is 2.93. The van der Waals surface area contributed by atoms with Gasteiger partial charge in [0, 0.05) is 43.5 Å². The second-order valence-electron chi connectivity index (χ2n) is 6.91. The molecule has 2 heterocycles. The summed E-state index contributed by atoms with van der Waals surface area (Å²) in [6, 6.07) is 15.8. The monoisotopic (exact) mass is 349 g/mol. The first-order valence-electron chi connectivity index (χ1n) is 9.01. The molecule has 1 saturated heterocycles. The lowest BCUT2D eigenvalue weighted by molar-refractivity contribution is 0.0951. The van der Waals surface area contributed by atoms with Crippen LogP contribution in [0.5, 0.6) is 0 Å². The molecule has 0 bridgehead atoms. The summed E-state index contributed by atoms with van der Waals surface area (Å²) in [5.41, 5.74) is 3.93. The molecule has 0 spiro atoms. The van der Waals surface area contributed by atoms with Crippen LogP contribution in [0.4, 0.5) is 0 Å². The molecule has 3 N–H and O–H groups in total. The number of rotatable bonds is 5. The van der Waals surface area contributed by atoms with E-state index >= 15 is 0 Å². The van der Waals surface area contributed by atoms with Gasteiger partial charge in [0.1, 0.15) is 0 Å². The molecule has 26 heavy (non-hydrogen) atoms. The molecule has 5 nitrogen and oxygen atoms in total. The summed E-state index contributed by atoms with van der Waals surface area (Å²) in [5, 5.41) is 13.8. The van der Waals surface area contributed by atoms with Crippen LogP contribution in [0.25, 0.3) is 10.9 Å². The van der Waals surface area contributed by atoms with E-state index in [9.17, 15) is 9.90 Å². The Hall–Kier alpha value is -2.63. The van der Waals surface area contributed by atoms with Crippen molar-refractivity contribution in [2.75, 3.05) is 13.1 Å². The van der Waals surface area contributed by atoms with E-state index in [1.807, 2.05) is 42.6 Å². The second kappa shape index (κ2) is 7.32. The Morgan fingerprint density at radius 2 is 2.04 bits per heavy atom. The molecule has 0 saturated carbocycles. The predicted molar refractivity (Wildman–Crippen MR) is 102 cm³/mol. The first-order valence-corrected chi connectivity index (χ1v) is 9.01. The number of nitrogens with zero attached hydrogens (tertiary/aromatic N) is 1. The molecule has 1 amide bonds. The van der Waals surface area contributed by atoms with Crippen LogP contribution in [-0.4, -0.2) is 40.1 Å². The number of benzene rings is 2. The van der Waals surface area contributed by atoms with Gasteiger partial charge in [-0.2, -0.15) is 0 Å². The number of carbonyl (C=O) groups is 1. The standard InChI is InChI=1S/C21H23N3O2/c25-19-8-10-24(14-19)13-18-4-2-1-3-17(18)12-23-21(26)16-6-5-15-7-9-22-20(15)11-16/h1-7,9,11,19,22,25H,8,10,12-14H2,(H,23,26)/t19-/m0/s1. The van der Waals surface area contributed by atoms with E-state index in [1.165, 1.54) is 5.56 Å². The maximum Gasteiger partial charge on any atom is 0.251 e. The number of likely N-dealkylation sites (tertiary alicyclic amines) is 1. The topological polar surface area (TPSA) is 68.4 Å². The zero-order valence-corrected chi connectivity index (χ0v) is 14.6. The number of hydrogen-bond donors (Lipinski definition) is 3. The molecule has 5 heteroatoms. The Labute approximate surface area is 152 Å². The fourth-order valence-electron chi connectivity index (χ4n) is 3.55. The van der Waals surface area contributed by atoms with E-state index in [2.05, 4.69) is 27.3 Å². The van der Waals surface area contributed by atoms with Gasteiger partial charge in [-0.15, -0.1) is 0 Å². The number of aromatic amines is 1. The van der Waals surface area contributed by atoms with Crippen molar-refractivity contribution in [3.63, 3.8) is 0 Å². The lowest BCUT2D eigenvalue weighted by Crippen LogP contribution is -2.25. The molecule has 1 aliphatic heterocycles. The van der Waals surface area contributed by atoms with Crippen molar-refractivity contribution in [2.24, 2.45) is 0 Å². The largest absolute Gasteiger partial charge is 0.392 e. The molecule has 2 aromatic carbocycles. The van der Waals surface area contributed by atoms with Crippen molar-refractivity contribution in [2.45, 2.75) is 25.6 Å². The average molecular weight is 349 g/mol. The van der Waals surface area contributed by atoms with E-state index in [0.29, 0.717) is 12.1 Å². The number of hydrogen-bond acceptors (Lipinski definition) is 3. The summed E-state index contributed by atoms with van der Waals surface area (Å²) in [4.78, 5) is 17.9. The molecule has 0 unspecified atom stereocenters. The number of H-pyrrole nitrogens is 1. The van der Waals surface area contributed by atoms with Crippen LogP contribution in [0.3, 0.4) is 0 Å². The normalized spacial score (nSPS) is 17.7. The predicted octanol–water partition coefficient (Wildman–Crippen LogP) is 2.66. The van der Waals surface area contributed by atoms with Crippen LogP contribution in [0, 0.1) is 0 Å². The summed E-state index contributed by atoms with van der Waals surface area (Å²) in [5.74, 6) is -0.0760. The van der Waals surface area contributed by atoms with Gasteiger partial charge < -0.3 is 15.4 Å². The summed E-state index contributed by atoms with van der Waals surface area (Å²) >= 11 is 0. The Bertz CT molecular complexity index is 918. The maximum absolute atomic E-state index is 12.5. The Kier molecular flexibility index (Phi) is 4.73. The van der Waals surface area contributed by atoms with Gasteiger partial charge in [-0.1, -0.05) is 30.3 Å². The zero-order chi connectivity index (χ0) is 17.9. The first kappa shape index (κ1) is 16.8. The molecule has 1 aliphatic rings. The minimum absolute atomic E-state index is 0.0760. The van der Waals surface area contributed by atoms with Gasteiger partial charge in [0.2, 0.25) is 0 Å². The summed E-state index contributed by atoms with van der Waals surface area (Å²) in [6.07, 6.45) is 2.49. The van der Waals surface area contributed by atoms with E-state index in [4.69, 9.17) is 0 Å². The number of fused-ring (bicyclic) bond motifs is 1. The minimum Gasteiger partial charge on any atom is -0.392 e. The van der Waals surface area contributed by atoms with Gasteiger partial charge >= 0.3 is 0 Å². The van der Waals surface area contributed by atoms with Gasteiger partial charge in [-0.25, -0.2) is 0 Å². The molecular formula is C21H23N3O2. The number of β-amino-alcohol motifs (C(OH)–C–C–N with tert-alkyl or cyclic N) is 1. The molecule has 134 valence electrons. The van der Waals surface area contributed by atoms with Crippen LogP contribution in [0.2, 0.25) is 0 Å². The number of aliphatic hydroxyl groups excluding tert-OH is 1. The SMILES string of the molecule is O=C(NCc1ccccc1CN1CC[C@H](O)C1)c1ccc2cc[nH]c2c1. The number of carbonyl (C=O) groups excluding carboxylic acids is 1. The van der Waals surface area contributed by atoms with Gasteiger partial charge in [0.05, 0.1) is 6.10 Å². The number of aliphatic hydroxyl groups is 1. The molecular weight excluding hydrogens is 326 g/mol. The van der Waals surface area contributed by atoms with Gasteiger partial charge in [-0.3, -0.25) is 9.69 Å². The number of nitrogens with one attached hydrogen (secondary N) is 2. The zero-order valence-electron chi connectivity index (χ0n) is 14.6. The van der Waals surface area contributed by atoms with E-state index in [0.717, 1.165) is 42.5 Å². The smallest absolute Gasteiger partial charge is 0.251 e. The molecule has 0 radical (unpaired) electrons. The van der Waals surface area contributed by atoms with Gasteiger partial charge in [0.25, 0.3) is 5.91 Å². The molecule has 3 aromatic rings. The average Bonchev–Trinajstić information content (AvgIpc) is 3.28. The summed E-state index contributed by atoms with van der Waals surface area (Å²) < 4.78 is 0. The van der Waals surface area contributed by atoms with Gasteiger partial charge in [-0.05, 0) is 41.1 Å². The van der Waals surface area contributed by atoms with Gasteiger partial charge in [0.15, 0.2) is 0 Å². The van der Waals surface area contributed by atoms with Crippen molar-refractivity contribution >= 4 is 16.8 Å². The highest BCUT2D eigenvalue weighted by Crippen LogP contribution is 2.17. The maximum atomic E-state index is 12.5. The van der Waals surface area contributed by atoms with Crippen molar-refractivity contribution in [1.82, 2.24) is 15.2 Å². The van der Waals surface area contributed by atoms with Crippen LogP contribution < -0.4 is 5.32 Å². The Morgan fingerprint density at radius 3 is 2.85 bits per heavy atom. The highest BCUT2D eigenvalue weighted by Gasteiger charge is 2.20. The lowest BCUT2D eigenvalue weighted by atomic mass is 10.1. The van der Waals surface area contributed by atoms with Crippen molar-refractivity contribution in [3.8, 4) is 0 Å². The summed E-state index contributed by atoms with van der Waals surface area (Å²) in [7, 11) is 0. The minimum atomic E-state index is -0.218. The quantitative estimate of drug-likeness (QED) is 0.663. The fourth-order valence-corrected chi connectivity index (χ4v) is 3.55. The third-order valence-corrected chi connectivity index (χ3v) is 5.02. The Balaban J connectivity index is 1.43. The van der Waals surface area contributed by atoms with E-state index in [1.54, 1.807) is 0 Å². The van der Waals surface area contributed by atoms with Crippen molar-refractivity contribution in [3.05, 3.63) is 71.4 Å². The fraction of sp³-hybridized carbons (Fsp3) is 0.286. The number of amides is 1. The van der Waals surface area contributed by atoms with Crippen LogP contribution in [0.1, 0.15) is 27.9 Å². The third-order valence-electron chi connectivity index (χ3n) is 5.02. The second-order valence-corrected chi connectivity index (χ2v) is 6.91. The highest BCUT2D eigenvalue weighted by molar-refractivity contribution is 5.97.